The van der Waals surface area contributed by atoms with Crippen molar-refractivity contribution in [2.24, 2.45) is 0 Å². The molecule has 2 nitrogen and oxygen atoms in total. The van der Waals surface area contributed by atoms with E-state index in [9.17, 15) is 0 Å². The Morgan fingerprint density at radius 1 is 1.17 bits per heavy atom. The minimum absolute atomic E-state index is 0.654. The van der Waals surface area contributed by atoms with Crippen LogP contribution < -0.4 is 4.74 Å². The molecule has 0 N–H and O–H groups in total. The first kappa shape index (κ1) is 13.6. The molecule has 0 aliphatic heterocycles. The highest BCUT2D eigenvalue weighted by Crippen LogP contribution is 2.29. The monoisotopic (exact) mass is 369 g/mol. The van der Waals surface area contributed by atoms with Gasteiger partial charge in [-0.3, -0.25) is 0 Å². The fourth-order valence-electron chi connectivity index (χ4n) is 1.59. The molecule has 1 aromatic heterocycles. The summed E-state index contributed by atoms with van der Waals surface area (Å²) in [5, 5.41) is 0.803. The molecule has 0 bridgehead atoms. The van der Waals surface area contributed by atoms with Crippen LogP contribution >= 0.6 is 31.9 Å². The summed E-state index contributed by atoms with van der Waals surface area (Å²) in [6.45, 7) is 4.02. The summed E-state index contributed by atoms with van der Waals surface area (Å²) in [6, 6.07) is 8.04. The van der Waals surface area contributed by atoms with Crippen LogP contribution in [-0.2, 0) is 5.33 Å². The third kappa shape index (κ3) is 3.12. The molecule has 0 fully saturated rings. The lowest BCUT2D eigenvalue weighted by atomic mass is 10.2. The van der Waals surface area contributed by atoms with Gasteiger partial charge in [0.15, 0.2) is 0 Å². The first-order valence-electron chi connectivity index (χ1n) is 5.55. The Morgan fingerprint density at radius 3 is 2.61 bits per heavy atom. The lowest BCUT2D eigenvalue weighted by Gasteiger charge is -2.11. The van der Waals surface area contributed by atoms with Crippen molar-refractivity contribution >= 4 is 31.9 Å². The van der Waals surface area contributed by atoms with Crippen LogP contribution in [0.25, 0.3) is 0 Å². The second kappa shape index (κ2) is 5.85. The Bertz CT molecular complexity index is 570. The maximum atomic E-state index is 5.86. The number of alkyl halides is 1. The molecule has 0 radical (unpaired) electrons. The average Bonchev–Trinajstić information content (AvgIpc) is 2.36. The quantitative estimate of drug-likeness (QED) is 0.697. The van der Waals surface area contributed by atoms with Gasteiger partial charge in [-0.1, -0.05) is 37.9 Å². The number of pyridine rings is 1. The summed E-state index contributed by atoms with van der Waals surface area (Å²) in [4.78, 5) is 4.35. The van der Waals surface area contributed by atoms with E-state index in [1.54, 1.807) is 0 Å². The van der Waals surface area contributed by atoms with E-state index >= 15 is 0 Å². The van der Waals surface area contributed by atoms with Crippen molar-refractivity contribution in [2.45, 2.75) is 19.2 Å². The van der Waals surface area contributed by atoms with Crippen molar-refractivity contribution in [2.75, 3.05) is 0 Å². The van der Waals surface area contributed by atoms with E-state index in [4.69, 9.17) is 4.74 Å². The van der Waals surface area contributed by atoms with Gasteiger partial charge in [0.05, 0.1) is 0 Å². The lowest BCUT2D eigenvalue weighted by molar-refractivity contribution is 0.455. The van der Waals surface area contributed by atoms with Crippen LogP contribution in [0.15, 0.2) is 34.9 Å². The fourth-order valence-corrected chi connectivity index (χ4v) is 2.24. The molecule has 0 saturated carbocycles. The number of halogens is 2. The molecular formula is C14H13Br2NO. The van der Waals surface area contributed by atoms with Crippen LogP contribution in [0.2, 0.25) is 0 Å². The maximum absolute atomic E-state index is 5.86. The molecule has 0 aliphatic rings. The highest BCUT2D eigenvalue weighted by atomic mass is 79.9. The summed E-state index contributed by atoms with van der Waals surface area (Å²) < 4.78 is 6.86. The minimum Gasteiger partial charge on any atom is -0.438 e. The molecule has 0 unspecified atom stereocenters. The number of hydrogen-bond donors (Lipinski definition) is 0. The van der Waals surface area contributed by atoms with E-state index in [0.717, 1.165) is 32.2 Å². The highest BCUT2D eigenvalue weighted by Gasteiger charge is 2.07. The number of aryl methyl sites for hydroxylation is 2. The van der Waals surface area contributed by atoms with Crippen molar-refractivity contribution in [3.8, 4) is 11.6 Å². The molecule has 0 amide bonds. The van der Waals surface area contributed by atoms with Crippen LogP contribution in [0.3, 0.4) is 0 Å². The summed E-state index contributed by atoms with van der Waals surface area (Å²) >= 11 is 6.86. The van der Waals surface area contributed by atoms with Crippen LogP contribution in [0, 0.1) is 13.8 Å². The van der Waals surface area contributed by atoms with Crippen molar-refractivity contribution in [1.29, 1.82) is 0 Å². The van der Waals surface area contributed by atoms with Crippen molar-refractivity contribution < 1.29 is 4.74 Å². The molecule has 0 aliphatic carbocycles. The largest absolute Gasteiger partial charge is 0.438 e. The van der Waals surface area contributed by atoms with Gasteiger partial charge in [0.2, 0.25) is 5.88 Å². The van der Waals surface area contributed by atoms with Gasteiger partial charge in [0.1, 0.15) is 5.75 Å². The van der Waals surface area contributed by atoms with Gasteiger partial charge < -0.3 is 4.74 Å². The van der Waals surface area contributed by atoms with Crippen LogP contribution in [0.5, 0.6) is 11.6 Å². The normalized spacial score (nSPS) is 10.4. The molecule has 0 atom stereocenters. The predicted molar refractivity (Wildman–Crippen MR) is 80.6 cm³/mol. The van der Waals surface area contributed by atoms with Crippen LogP contribution in [-0.4, -0.2) is 4.98 Å². The van der Waals surface area contributed by atoms with E-state index in [1.807, 2.05) is 38.2 Å². The molecule has 94 valence electrons. The molecule has 0 saturated heterocycles. The summed E-state index contributed by atoms with van der Waals surface area (Å²) in [5.74, 6) is 1.48. The topological polar surface area (TPSA) is 22.1 Å². The van der Waals surface area contributed by atoms with Gasteiger partial charge in [-0.05, 0) is 43.2 Å². The van der Waals surface area contributed by atoms with Gasteiger partial charge in [-0.15, -0.1) is 0 Å². The second-order valence-electron chi connectivity index (χ2n) is 4.11. The van der Waals surface area contributed by atoms with Gasteiger partial charge in [-0.25, -0.2) is 4.98 Å². The molecule has 18 heavy (non-hydrogen) atoms. The van der Waals surface area contributed by atoms with Crippen LogP contribution in [0.4, 0.5) is 0 Å². The Labute approximate surface area is 124 Å². The highest BCUT2D eigenvalue weighted by molar-refractivity contribution is 9.10. The van der Waals surface area contributed by atoms with E-state index < -0.39 is 0 Å². The zero-order valence-corrected chi connectivity index (χ0v) is 13.4. The Morgan fingerprint density at radius 2 is 1.94 bits per heavy atom. The standard InChI is InChI=1S/C14H13Br2NO/c1-9-3-4-12(16)6-13(9)18-14-10(2)5-11(7-15)8-17-14/h3-6,8H,7H2,1-2H3. The number of hydrogen-bond acceptors (Lipinski definition) is 2. The van der Waals surface area contributed by atoms with Gasteiger partial charge in [0.25, 0.3) is 0 Å². The number of ether oxygens (including phenoxy) is 1. The zero-order chi connectivity index (χ0) is 13.1. The molecular weight excluding hydrogens is 358 g/mol. The fraction of sp³-hybridized carbons (Fsp3) is 0.214. The minimum atomic E-state index is 0.654. The lowest BCUT2D eigenvalue weighted by Crippen LogP contribution is -1.94. The van der Waals surface area contributed by atoms with E-state index in [1.165, 1.54) is 0 Å². The van der Waals surface area contributed by atoms with E-state index in [2.05, 4.69) is 42.9 Å². The van der Waals surface area contributed by atoms with Crippen molar-refractivity contribution in [3.05, 3.63) is 51.6 Å². The second-order valence-corrected chi connectivity index (χ2v) is 5.59. The number of rotatable bonds is 3. The maximum Gasteiger partial charge on any atom is 0.222 e. The molecule has 1 aromatic carbocycles. The molecule has 0 spiro atoms. The Kier molecular flexibility index (Phi) is 4.40. The molecule has 2 rings (SSSR count). The first-order valence-corrected chi connectivity index (χ1v) is 7.47. The van der Waals surface area contributed by atoms with Gasteiger partial charge in [-0.2, -0.15) is 0 Å². The van der Waals surface area contributed by atoms with E-state index in [-0.39, 0.29) is 0 Å². The summed E-state index contributed by atoms with van der Waals surface area (Å²) in [6.07, 6.45) is 1.82. The first-order chi connectivity index (χ1) is 8.60. The predicted octanol–water partition coefficient (Wildman–Crippen LogP) is 5.15. The number of benzene rings is 1. The number of aromatic nitrogens is 1. The molecule has 4 heteroatoms. The molecule has 2 aromatic rings. The number of nitrogens with zero attached hydrogens (tertiary/aromatic N) is 1. The Balaban J connectivity index is 2.31. The average molecular weight is 371 g/mol. The molecule has 1 heterocycles. The summed E-state index contributed by atoms with van der Waals surface area (Å²) in [7, 11) is 0. The van der Waals surface area contributed by atoms with Crippen molar-refractivity contribution in [3.63, 3.8) is 0 Å². The SMILES string of the molecule is Cc1ccc(Br)cc1Oc1ncc(CBr)cc1C. The van der Waals surface area contributed by atoms with Crippen molar-refractivity contribution in [1.82, 2.24) is 4.98 Å². The smallest absolute Gasteiger partial charge is 0.222 e. The third-order valence-electron chi connectivity index (χ3n) is 2.60. The van der Waals surface area contributed by atoms with Gasteiger partial charge in [0, 0.05) is 21.6 Å². The third-order valence-corrected chi connectivity index (χ3v) is 3.74. The van der Waals surface area contributed by atoms with E-state index in [0.29, 0.717) is 5.88 Å². The van der Waals surface area contributed by atoms with Gasteiger partial charge >= 0.3 is 0 Å². The Hall–Kier alpha value is -0.870. The van der Waals surface area contributed by atoms with Crippen LogP contribution in [0.1, 0.15) is 16.7 Å². The zero-order valence-electron chi connectivity index (χ0n) is 10.2. The summed E-state index contributed by atoms with van der Waals surface area (Å²) in [5.41, 5.74) is 3.26.